The Balaban J connectivity index is 1.84. The number of benzene rings is 2. The summed E-state index contributed by atoms with van der Waals surface area (Å²) in [5, 5.41) is 3.37. The van der Waals surface area contributed by atoms with Gasteiger partial charge < -0.3 is 10.1 Å². The van der Waals surface area contributed by atoms with E-state index in [9.17, 15) is 4.79 Å². The molecule has 0 saturated carbocycles. The quantitative estimate of drug-likeness (QED) is 0.833. The summed E-state index contributed by atoms with van der Waals surface area (Å²) in [6.45, 7) is 6.08. The molecule has 0 aromatic heterocycles. The lowest BCUT2D eigenvalue weighted by atomic mass is 9.83. The van der Waals surface area contributed by atoms with Crippen molar-refractivity contribution in [3.05, 3.63) is 71.8 Å². The van der Waals surface area contributed by atoms with Crippen LogP contribution >= 0.6 is 0 Å². The third kappa shape index (κ3) is 4.29. The van der Waals surface area contributed by atoms with Gasteiger partial charge in [-0.05, 0) is 50.9 Å². The fourth-order valence-electron chi connectivity index (χ4n) is 3.67. The normalized spacial score (nSPS) is 16.0. The van der Waals surface area contributed by atoms with Crippen LogP contribution in [0.2, 0.25) is 0 Å². The lowest BCUT2D eigenvalue weighted by molar-refractivity contribution is -0.163. The molecule has 1 aliphatic heterocycles. The fraction of sp³-hybridized carbons (Fsp3) is 0.409. The van der Waals surface area contributed by atoms with Gasteiger partial charge in [-0.15, -0.1) is 0 Å². The molecule has 1 aliphatic rings. The zero-order valence-corrected chi connectivity index (χ0v) is 15.1. The second-order valence-electron chi connectivity index (χ2n) is 7.30. The first-order valence-corrected chi connectivity index (χ1v) is 9.11. The van der Waals surface area contributed by atoms with E-state index in [2.05, 4.69) is 5.32 Å². The molecule has 1 saturated heterocycles. The van der Waals surface area contributed by atoms with Gasteiger partial charge in [-0.1, -0.05) is 60.7 Å². The number of esters is 1. The molecule has 0 atom stereocenters. The molecule has 2 aromatic rings. The van der Waals surface area contributed by atoms with Crippen LogP contribution in [-0.4, -0.2) is 24.7 Å². The highest BCUT2D eigenvalue weighted by Gasteiger charge is 2.36. The van der Waals surface area contributed by atoms with Gasteiger partial charge in [0.25, 0.3) is 0 Å². The van der Waals surface area contributed by atoms with Gasteiger partial charge in [0, 0.05) is 5.92 Å². The van der Waals surface area contributed by atoms with Crippen molar-refractivity contribution < 1.29 is 9.53 Å². The first-order chi connectivity index (χ1) is 12.1. The summed E-state index contributed by atoms with van der Waals surface area (Å²) in [5.74, 6) is -0.158. The van der Waals surface area contributed by atoms with Crippen LogP contribution in [0.1, 0.15) is 43.7 Å². The predicted octanol–water partition coefficient (Wildman–Crippen LogP) is 4.14. The highest BCUT2D eigenvalue weighted by molar-refractivity contribution is 5.82. The number of nitrogens with one attached hydrogen (secondary N) is 1. The van der Waals surface area contributed by atoms with Gasteiger partial charge >= 0.3 is 5.97 Å². The molecule has 2 aromatic carbocycles. The van der Waals surface area contributed by atoms with Crippen molar-refractivity contribution in [1.29, 1.82) is 0 Å². The zero-order valence-electron chi connectivity index (χ0n) is 15.1. The van der Waals surface area contributed by atoms with Crippen molar-refractivity contribution in [1.82, 2.24) is 5.32 Å². The van der Waals surface area contributed by atoms with Crippen LogP contribution in [0.25, 0.3) is 0 Å². The summed E-state index contributed by atoms with van der Waals surface area (Å²) < 4.78 is 6.08. The minimum absolute atomic E-state index is 0.166. The molecule has 1 fully saturated rings. The Kier molecular flexibility index (Phi) is 5.54. The molecule has 0 unspecified atom stereocenters. The van der Waals surface area contributed by atoms with E-state index in [0.29, 0.717) is 5.92 Å². The molecule has 0 spiro atoms. The van der Waals surface area contributed by atoms with Crippen molar-refractivity contribution >= 4 is 5.97 Å². The summed E-state index contributed by atoms with van der Waals surface area (Å²) in [4.78, 5) is 13.2. The Morgan fingerprint density at radius 1 is 0.960 bits per heavy atom. The fourth-order valence-corrected chi connectivity index (χ4v) is 3.67. The Labute approximate surface area is 150 Å². The molecule has 0 bridgehead atoms. The van der Waals surface area contributed by atoms with E-state index >= 15 is 0 Å². The summed E-state index contributed by atoms with van der Waals surface area (Å²) in [7, 11) is 0. The van der Waals surface area contributed by atoms with E-state index < -0.39 is 5.60 Å². The summed E-state index contributed by atoms with van der Waals surface area (Å²) in [6.07, 6.45) is 2.09. The predicted molar refractivity (Wildman–Crippen MR) is 100 cm³/mol. The average Bonchev–Trinajstić information content (AvgIpc) is 2.64. The van der Waals surface area contributed by atoms with Crippen molar-refractivity contribution in [2.24, 2.45) is 5.92 Å². The second kappa shape index (κ2) is 7.83. The molecule has 0 aliphatic carbocycles. The van der Waals surface area contributed by atoms with Crippen LogP contribution in [0.4, 0.5) is 0 Å². The Bertz CT molecular complexity index is 636. The monoisotopic (exact) mass is 337 g/mol. The maximum absolute atomic E-state index is 13.2. The van der Waals surface area contributed by atoms with E-state index in [4.69, 9.17) is 4.74 Å². The van der Waals surface area contributed by atoms with Gasteiger partial charge in [-0.3, -0.25) is 4.79 Å². The highest BCUT2D eigenvalue weighted by Crippen LogP contribution is 2.33. The van der Waals surface area contributed by atoms with Gasteiger partial charge in [0.15, 0.2) is 0 Å². The SMILES string of the molecule is CC(C)(OC(=O)C(c1ccccc1)c1ccccc1)C1CCNCC1. The molecular weight excluding hydrogens is 310 g/mol. The van der Waals surface area contributed by atoms with Crippen molar-refractivity contribution in [2.75, 3.05) is 13.1 Å². The van der Waals surface area contributed by atoms with Gasteiger partial charge in [-0.2, -0.15) is 0 Å². The number of piperidine rings is 1. The van der Waals surface area contributed by atoms with Gasteiger partial charge in [-0.25, -0.2) is 0 Å². The summed E-state index contributed by atoms with van der Waals surface area (Å²) >= 11 is 0. The minimum Gasteiger partial charge on any atom is -0.459 e. The number of rotatable bonds is 5. The lowest BCUT2D eigenvalue weighted by Crippen LogP contribution is -2.43. The van der Waals surface area contributed by atoms with E-state index in [-0.39, 0.29) is 11.9 Å². The van der Waals surface area contributed by atoms with Gasteiger partial charge in [0.05, 0.1) is 0 Å². The summed E-state index contributed by atoms with van der Waals surface area (Å²) in [5.41, 5.74) is 1.49. The molecule has 0 radical (unpaired) electrons. The van der Waals surface area contributed by atoms with Crippen molar-refractivity contribution in [3.63, 3.8) is 0 Å². The largest absolute Gasteiger partial charge is 0.459 e. The molecular formula is C22H27NO2. The Morgan fingerprint density at radius 2 is 1.44 bits per heavy atom. The van der Waals surface area contributed by atoms with Crippen LogP contribution in [0.15, 0.2) is 60.7 Å². The van der Waals surface area contributed by atoms with Gasteiger partial charge in [0.2, 0.25) is 0 Å². The third-order valence-electron chi connectivity index (χ3n) is 5.19. The number of carbonyl (C=O) groups is 1. The van der Waals surface area contributed by atoms with E-state index in [1.807, 2.05) is 74.5 Å². The Morgan fingerprint density at radius 3 is 1.92 bits per heavy atom. The topological polar surface area (TPSA) is 38.3 Å². The van der Waals surface area contributed by atoms with Crippen LogP contribution < -0.4 is 5.32 Å². The van der Waals surface area contributed by atoms with Crippen LogP contribution in [0.5, 0.6) is 0 Å². The maximum Gasteiger partial charge on any atom is 0.318 e. The van der Waals surface area contributed by atoms with Crippen molar-refractivity contribution in [3.8, 4) is 0 Å². The summed E-state index contributed by atoms with van der Waals surface area (Å²) in [6, 6.07) is 19.8. The third-order valence-corrected chi connectivity index (χ3v) is 5.19. The molecule has 3 heteroatoms. The van der Waals surface area contributed by atoms with Crippen LogP contribution in [-0.2, 0) is 9.53 Å². The zero-order chi connectivity index (χ0) is 17.7. The molecule has 132 valence electrons. The molecule has 3 rings (SSSR count). The number of carbonyl (C=O) groups excluding carboxylic acids is 1. The van der Waals surface area contributed by atoms with Crippen molar-refractivity contribution in [2.45, 2.75) is 38.2 Å². The van der Waals surface area contributed by atoms with E-state index in [1.54, 1.807) is 0 Å². The molecule has 1 heterocycles. The number of ether oxygens (including phenoxy) is 1. The maximum atomic E-state index is 13.2. The Hall–Kier alpha value is -2.13. The molecule has 0 amide bonds. The van der Waals surface area contributed by atoms with Crippen LogP contribution in [0, 0.1) is 5.92 Å². The van der Waals surface area contributed by atoms with Gasteiger partial charge in [0.1, 0.15) is 11.5 Å². The van der Waals surface area contributed by atoms with Crippen LogP contribution in [0.3, 0.4) is 0 Å². The lowest BCUT2D eigenvalue weighted by Gasteiger charge is -2.37. The van der Waals surface area contributed by atoms with E-state index in [1.165, 1.54) is 0 Å². The smallest absolute Gasteiger partial charge is 0.318 e. The average molecular weight is 337 g/mol. The first kappa shape index (κ1) is 17.7. The molecule has 1 N–H and O–H groups in total. The minimum atomic E-state index is -0.457. The van der Waals surface area contributed by atoms with E-state index in [0.717, 1.165) is 37.1 Å². The number of hydrogen-bond donors (Lipinski definition) is 1. The highest BCUT2D eigenvalue weighted by atomic mass is 16.6. The first-order valence-electron chi connectivity index (χ1n) is 9.11. The molecule has 25 heavy (non-hydrogen) atoms. The molecule has 3 nitrogen and oxygen atoms in total. The second-order valence-corrected chi connectivity index (χ2v) is 7.30. The standard InChI is InChI=1S/C22H27NO2/c1-22(2,19-13-15-23-16-14-19)25-21(24)20(17-9-5-3-6-10-17)18-11-7-4-8-12-18/h3-12,19-20,23H,13-16H2,1-2H3. The number of hydrogen-bond acceptors (Lipinski definition) is 3.